The average molecular weight is 522 g/mol. The van der Waals surface area contributed by atoms with E-state index >= 15 is 0 Å². The van der Waals surface area contributed by atoms with Crippen LogP contribution in [0, 0.1) is 11.8 Å². The number of phosphoric acid groups is 3. The van der Waals surface area contributed by atoms with Gasteiger partial charge in [-0.15, -0.1) is 5.92 Å². The molecule has 2 heterocycles. The molecule has 1 aromatic heterocycles. The Morgan fingerprint density at radius 2 is 1.81 bits per heavy atom. The highest BCUT2D eigenvalue weighted by molar-refractivity contribution is 7.66. The van der Waals surface area contributed by atoms with Crippen LogP contribution in [0.3, 0.4) is 0 Å². The number of ether oxygens (including phenoxy) is 1. The van der Waals surface area contributed by atoms with E-state index in [1.807, 2.05) is 4.98 Å². The number of H-pyrrole nitrogens is 1. The first-order valence-corrected chi connectivity index (χ1v) is 12.6. The lowest BCUT2D eigenvalue weighted by Gasteiger charge is -2.26. The standard InChI is InChI=1S/C12H17N2O15P3/c1-2-4-12(18)9(16)7(27-10(12)14-5-3-8(15)13-11(14)17)6-26-31(22,23)29-32(24,25)28-30(19,20)21/h3,5,7,9-10,16,18H,6H2,1H3,(H,22,23)(H,24,25)(H,13,15,17)(H2,19,20,21)/t7-,9+,10-,12?/m1/s1. The second kappa shape index (κ2) is 9.41. The molecule has 1 fully saturated rings. The summed E-state index contributed by atoms with van der Waals surface area (Å²) in [6, 6.07) is 0.899. The van der Waals surface area contributed by atoms with Crippen LogP contribution >= 0.6 is 23.5 Å². The van der Waals surface area contributed by atoms with Crippen LogP contribution in [0.15, 0.2) is 21.9 Å². The summed E-state index contributed by atoms with van der Waals surface area (Å²) in [6.45, 7) is 0.157. The maximum atomic E-state index is 12.0. The van der Waals surface area contributed by atoms with Crippen molar-refractivity contribution in [2.45, 2.75) is 31.0 Å². The summed E-state index contributed by atoms with van der Waals surface area (Å²) < 4.78 is 51.2. The van der Waals surface area contributed by atoms with Gasteiger partial charge < -0.3 is 34.5 Å². The number of aromatic nitrogens is 2. The van der Waals surface area contributed by atoms with Crippen molar-refractivity contribution in [1.29, 1.82) is 0 Å². The van der Waals surface area contributed by atoms with E-state index in [4.69, 9.17) is 19.4 Å². The number of phosphoric ester groups is 1. The highest BCUT2D eigenvalue weighted by Crippen LogP contribution is 2.66. The number of hydrogen-bond acceptors (Lipinski definition) is 11. The number of aliphatic hydroxyl groups is 2. The van der Waals surface area contributed by atoms with Gasteiger partial charge in [0.1, 0.15) is 12.2 Å². The van der Waals surface area contributed by atoms with Gasteiger partial charge in [-0.2, -0.15) is 8.62 Å². The molecule has 3 unspecified atom stereocenters. The van der Waals surface area contributed by atoms with E-state index in [0.717, 1.165) is 12.3 Å². The normalized spacial score (nSPS) is 29.5. The van der Waals surface area contributed by atoms with E-state index in [-0.39, 0.29) is 0 Å². The molecular weight excluding hydrogens is 505 g/mol. The third-order valence-electron chi connectivity index (χ3n) is 3.73. The maximum Gasteiger partial charge on any atom is 0.490 e. The fourth-order valence-corrected chi connectivity index (χ4v) is 5.63. The van der Waals surface area contributed by atoms with Gasteiger partial charge in [-0.3, -0.25) is 18.9 Å². The van der Waals surface area contributed by atoms with Crippen LogP contribution in [0.2, 0.25) is 0 Å². The molecule has 6 atom stereocenters. The molecule has 180 valence electrons. The summed E-state index contributed by atoms with van der Waals surface area (Å²) in [7, 11) is -16.9. The zero-order valence-corrected chi connectivity index (χ0v) is 18.4. The SMILES string of the molecule is CC#CC1(O)[C@@H](O)[C@@H](COP(=O)(O)OP(=O)(O)OP(=O)(O)O)O[C@H]1n1ccc(=O)[nH]c1=O. The predicted octanol–water partition coefficient (Wildman–Crippen LogP) is -2.11. The smallest absolute Gasteiger partial charge is 0.386 e. The van der Waals surface area contributed by atoms with E-state index in [1.54, 1.807) is 0 Å². The van der Waals surface area contributed by atoms with Crippen molar-refractivity contribution in [3.05, 3.63) is 33.1 Å². The van der Waals surface area contributed by atoms with Crippen molar-refractivity contribution >= 4 is 23.5 Å². The van der Waals surface area contributed by atoms with E-state index in [2.05, 4.69) is 25.0 Å². The van der Waals surface area contributed by atoms with Crippen LogP contribution < -0.4 is 11.2 Å². The van der Waals surface area contributed by atoms with Crippen molar-refractivity contribution in [2.75, 3.05) is 6.61 Å². The van der Waals surface area contributed by atoms with Gasteiger partial charge in [0.15, 0.2) is 11.8 Å². The molecular formula is C12H17N2O15P3. The van der Waals surface area contributed by atoms with Gasteiger partial charge in [0.2, 0.25) is 0 Å². The average Bonchev–Trinajstić information content (AvgIpc) is 2.82. The molecule has 0 aliphatic carbocycles. The summed E-state index contributed by atoms with van der Waals surface area (Å²) in [5, 5.41) is 21.2. The number of hydrogen-bond donors (Lipinski definition) is 7. The maximum absolute atomic E-state index is 12.0. The lowest BCUT2D eigenvalue weighted by Crippen LogP contribution is -2.48. The van der Waals surface area contributed by atoms with Gasteiger partial charge in [-0.25, -0.2) is 18.5 Å². The molecule has 32 heavy (non-hydrogen) atoms. The van der Waals surface area contributed by atoms with E-state index in [9.17, 15) is 38.4 Å². The molecule has 1 aliphatic heterocycles. The second-order valence-electron chi connectivity index (χ2n) is 6.08. The zero-order valence-electron chi connectivity index (χ0n) is 15.7. The molecule has 20 heteroatoms. The van der Waals surface area contributed by atoms with Gasteiger partial charge in [0.25, 0.3) is 5.56 Å². The third-order valence-corrected chi connectivity index (χ3v) is 7.53. The van der Waals surface area contributed by atoms with Gasteiger partial charge in [-0.05, 0) is 6.92 Å². The molecule has 0 bridgehead atoms. The Balaban J connectivity index is 2.24. The summed E-state index contributed by atoms with van der Waals surface area (Å²) in [6.07, 6.45) is -4.52. The van der Waals surface area contributed by atoms with Crippen LogP contribution in [-0.2, 0) is 31.6 Å². The van der Waals surface area contributed by atoms with Crippen LogP contribution in [0.25, 0.3) is 0 Å². The Bertz CT molecular complexity index is 1180. The number of aromatic amines is 1. The molecule has 0 aromatic carbocycles. The Kier molecular flexibility index (Phi) is 7.88. The predicted molar refractivity (Wildman–Crippen MR) is 99.5 cm³/mol. The minimum atomic E-state index is -5.77. The van der Waals surface area contributed by atoms with Crippen molar-refractivity contribution in [3.8, 4) is 11.8 Å². The molecule has 2 rings (SSSR count). The van der Waals surface area contributed by atoms with E-state index in [0.29, 0.717) is 4.57 Å². The summed E-state index contributed by atoms with van der Waals surface area (Å²) in [4.78, 5) is 60.8. The molecule has 0 amide bonds. The Morgan fingerprint density at radius 3 is 2.34 bits per heavy atom. The van der Waals surface area contributed by atoms with Crippen molar-refractivity contribution in [3.63, 3.8) is 0 Å². The number of aliphatic hydroxyl groups excluding tert-OH is 1. The monoisotopic (exact) mass is 522 g/mol. The van der Waals surface area contributed by atoms with Crippen LogP contribution in [-0.4, -0.2) is 63.8 Å². The van der Waals surface area contributed by atoms with Gasteiger partial charge in [0, 0.05) is 12.3 Å². The van der Waals surface area contributed by atoms with Crippen molar-refractivity contribution in [2.24, 2.45) is 0 Å². The minimum absolute atomic E-state index is 0.666. The van der Waals surface area contributed by atoms with Crippen LogP contribution in [0.1, 0.15) is 13.2 Å². The summed E-state index contributed by atoms with van der Waals surface area (Å²) >= 11 is 0. The molecule has 1 aromatic rings. The Labute approximate surface area is 177 Å². The minimum Gasteiger partial charge on any atom is -0.386 e. The molecule has 1 aliphatic rings. The second-order valence-corrected chi connectivity index (χ2v) is 10.5. The van der Waals surface area contributed by atoms with Gasteiger partial charge in [-0.1, -0.05) is 5.92 Å². The largest absolute Gasteiger partial charge is 0.490 e. The van der Waals surface area contributed by atoms with E-state index < -0.39 is 65.4 Å². The molecule has 0 radical (unpaired) electrons. The first-order chi connectivity index (χ1) is 14.5. The summed E-state index contributed by atoms with van der Waals surface area (Å²) in [5.41, 5.74) is -4.32. The summed E-state index contributed by atoms with van der Waals surface area (Å²) in [5.74, 6) is 4.52. The molecule has 7 N–H and O–H groups in total. The topological polar surface area (TPSA) is 264 Å². The Hall–Kier alpha value is -1.47. The van der Waals surface area contributed by atoms with Gasteiger partial charge >= 0.3 is 29.2 Å². The van der Waals surface area contributed by atoms with Crippen LogP contribution in [0.4, 0.5) is 0 Å². The number of rotatable bonds is 8. The molecule has 0 saturated carbocycles. The lowest BCUT2D eigenvalue weighted by molar-refractivity contribution is -0.0762. The Morgan fingerprint density at radius 1 is 1.19 bits per heavy atom. The first kappa shape index (κ1) is 26.8. The first-order valence-electron chi connectivity index (χ1n) is 8.09. The van der Waals surface area contributed by atoms with Crippen LogP contribution in [0.5, 0.6) is 0 Å². The van der Waals surface area contributed by atoms with Crippen molar-refractivity contribution < 1.29 is 61.4 Å². The molecule has 1 saturated heterocycles. The highest BCUT2D eigenvalue weighted by atomic mass is 31.3. The highest BCUT2D eigenvalue weighted by Gasteiger charge is 2.56. The fourth-order valence-electron chi connectivity index (χ4n) is 2.60. The van der Waals surface area contributed by atoms with Gasteiger partial charge in [0.05, 0.1) is 6.61 Å². The molecule has 17 nitrogen and oxygen atoms in total. The fraction of sp³-hybridized carbons (Fsp3) is 0.500. The number of nitrogens with zero attached hydrogens (tertiary/aromatic N) is 1. The van der Waals surface area contributed by atoms with E-state index in [1.165, 1.54) is 6.92 Å². The quantitative estimate of drug-likeness (QED) is 0.142. The van der Waals surface area contributed by atoms with Crippen molar-refractivity contribution in [1.82, 2.24) is 9.55 Å². The zero-order chi connectivity index (χ0) is 24.5. The third kappa shape index (κ3) is 6.53. The molecule has 0 spiro atoms. The number of nitrogens with one attached hydrogen (secondary N) is 1. The lowest BCUT2D eigenvalue weighted by atomic mass is 9.94.